The number of ketones is 2. The molecule has 5 amide bonds. The van der Waals surface area contributed by atoms with Gasteiger partial charge >= 0.3 is 0 Å². The fourth-order valence-electron chi connectivity index (χ4n) is 9.52. The number of fused-ring (bicyclic) bond motifs is 3. The van der Waals surface area contributed by atoms with Gasteiger partial charge in [-0.2, -0.15) is 5.26 Å². The summed E-state index contributed by atoms with van der Waals surface area (Å²) in [6.45, 7) is 10.1. The molecule has 2 aliphatic heterocycles. The Morgan fingerprint density at radius 1 is 0.833 bits per heavy atom. The van der Waals surface area contributed by atoms with Gasteiger partial charge in [0.1, 0.15) is 34.0 Å². The minimum atomic E-state index is -0.613. The van der Waals surface area contributed by atoms with Crippen LogP contribution in [0.15, 0.2) is 35.4 Å². The number of amides is 5. The second-order valence-electron chi connectivity index (χ2n) is 19.3. The van der Waals surface area contributed by atoms with Crippen LogP contribution in [-0.2, 0) is 46.2 Å². The summed E-state index contributed by atoms with van der Waals surface area (Å²) in [4.78, 5) is 95.4. The van der Waals surface area contributed by atoms with Crippen molar-refractivity contribution in [1.29, 1.82) is 5.26 Å². The highest BCUT2D eigenvalue weighted by molar-refractivity contribution is 7.99. The molecule has 24 heteroatoms. The molecule has 3 aromatic rings. The van der Waals surface area contributed by atoms with Crippen LogP contribution in [0.1, 0.15) is 112 Å². The number of aromatic nitrogens is 1. The summed E-state index contributed by atoms with van der Waals surface area (Å²) in [5.41, 5.74) is 0.706. The zero-order valence-corrected chi connectivity index (χ0v) is 45.5. The molecule has 0 spiro atoms. The number of hydrogen-bond donors (Lipinski definition) is 9. The Kier molecular flexibility index (Phi) is 22.7. The van der Waals surface area contributed by atoms with E-state index >= 15 is 0 Å². The molecule has 2 aliphatic carbocycles. The summed E-state index contributed by atoms with van der Waals surface area (Å²) >= 11 is 1.36. The van der Waals surface area contributed by atoms with Gasteiger partial charge in [-0.25, -0.2) is 4.98 Å². The molecular weight excluding hydrogens is 1030 g/mol. The van der Waals surface area contributed by atoms with Gasteiger partial charge in [0.15, 0.2) is 12.1 Å². The van der Waals surface area contributed by atoms with Crippen molar-refractivity contribution in [2.45, 2.75) is 101 Å². The van der Waals surface area contributed by atoms with Crippen molar-refractivity contribution in [3.63, 3.8) is 0 Å². The monoisotopic (exact) mass is 1100 g/mol. The number of ether oxygens (including phenoxy) is 4. The van der Waals surface area contributed by atoms with E-state index in [0.29, 0.717) is 68.2 Å². The van der Waals surface area contributed by atoms with Crippen molar-refractivity contribution in [3.8, 4) is 23.3 Å². The number of nitrogens with zero attached hydrogens (tertiary/aromatic N) is 3. The molecule has 0 bridgehead atoms. The smallest absolute Gasteiger partial charge is 0.269 e. The Morgan fingerprint density at radius 3 is 2.23 bits per heavy atom. The van der Waals surface area contributed by atoms with Gasteiger partial charge in [-0.05, 0) is 76.7 Å². The lowest BCUT2D eigenvalue weighted by molar-refractivity contribution is -0.190. The van der Waals surface area contributed by atoms with E-state index in [1.54, 1.807) is 19.2 Å². The maximum absolute atomic E-state index is 13.5. The molecule has 9 N–H and O–H groups in total. The van der Waals surface area contributed by atoms with E-state index < -0.39 is 53.0 Å². The first-order valence-corrected chi connectivity index (χ1v) is 27.0. The Balaban J connectivity index is 0.000000522. The van der Waals surface area contributed by atoms with Crippen LogP contribution in [0.25, 0.3) is 0 Å². The predicted molar refractivity (Wildman–Crippen MR) is 284 cm³/mol. The number of carbonyl (C=O) groups is 7. The topological polar surface area (TPSA) is 329 Å². The Bertz CT molecular complexity index is 2720. The zero-order chi connectivity index (χ0) is 56.5. The SMILES string of the molecule is COC1CN(C2CCOC(C)C2O)CCO1.COc1cccc2c1C(=O)c1c(O)c3c(c(O)c1C2=O)C[C@@H](C(=O)NCCCNCCCNC(=O)CNC(=O)CNC(=O)CCNC(=O)c1ccc(C#N)c(SC(C)C)n1)CC3. The van der Waals surface area contributed by atoms with Crippen molar-refractivity contribution in [3.05, 3.63) is 75.0 Å². The fourth-order valence-corrected chi connectivity index (χ4v) is 10.4. The number of benzene rings is 2. The minimum absolute atomic E-state index is 0.00199. The minimum Gasteiger partial charge on any atom is -0.507 e. The van der Waals surface area contributed by atoms with Crippen LogP contribution in [0.4, 0.5) is 0 Å². The Morgan fingerprint density at radius 2 is 1.53 bits per heavy atom. The highest BCUT2D eigenvalue weighted by atomic mass is 32.2. The molecule has 4 aliphatic rings. The number of nitrogens with one attached hydrogen (secondary N) is 6. The fraction of sp³-hybridized carbons (Fsp3) is 0.537. The van der Waals surface area contributed by atoms with Crippen molar-refractivity contribution in [2.24, 2.45) is 5.92 Å². The third kappa shape index (κ3) is 15.7. The van der Waals surface area contributed by atoms with Crippen LogP contribution >= 0.6 is 11.8 Å². The molecule has 1 aromatic heterocycles. The zero-order valence-electron chi connectivity index (χ0n) is 44.7. The lowest BCUT2D eigenvalue weighted by Crippen LogP contribution is -2.57. The standard InChI is InChI=1S/C43H50N8O10S.C11H21NO4/c1-23(2)62-43-25(20-44)10-12-29(51-43)42(60)48-18-13-31(52)49-22-33(54)50-21-32(53)46-16-5-14-45-15-6-17-47-41(59)24-9-11-26-28(19-24)39(57)35-36(37(26)55)40(58)34-27(38(35)56)7-4-8-30(34)61-3;1-8-11(13)9(3-5-15-8)12-4-6-16-10(7-12)14-2/h4,7-8,10,12,23-24,45,55,57H,5-6,9,11,13-19,21-22H2,1-3H3,(H,46,53)(H,47,59)(H,48,60)(H,49,52)(H,50,54);8-11,13H,3-7H2,1-2H3/t24-;/m0./s1. The van der Waals surface area contributed by atoms with Crippen LogP contribution in [0.3, 0.4) is 0 Å². The van der Waals surface area contributed by atoms with E-state index in [-0.39, 0.29) is 113 Å². The van der Waals surface area contributed by atoms with Crippen LogP contribution in [0, 0.1) is 17.2 Å². The molecule has 2 aromatic carbocycles. The number of aliphatic hydroxyl groups is 1. The number of carbonyl (C=O) groups excluding carboxylic acids is 7. The van der Waals surface area contributed by atoms with Crippen LogP contribution in [0.5, 0.6) is 17.2 Å². The first-order valence-electron chi connectivity index (χ1n) is 26.2. The normalized spacial score (nSPS) is 19.6. The second kappa shape index (κ2) is 29.3. The van der Waals surface area contributed by atoms with E-state index in [0.717, 1.165) is 26.1 Å². The van der Waals surface area contributed by atoms with Crippen LogP contribution in [-0.4, -0.2) is 182 Å². The Hall–Kier alpha value is -6.72. The summed E-state index contributed by atoms with van der Waals surface area (Å²) in [6, 6.07) is 9.77. The number of aromatic hydroxyl groups is 2. The summed E-state index contributed by atoms with van der Waals surface area (Å²) in [5, 5.41) is 58.7. The van der Waals surface area contributed by atoms with Crippen LogP contribution < -0.4 is 36.6 Å². The lowest BCUT2D eigenvalue weighted by atomic mass is 9.75. The third-order valence-corrected chi connectivity index (χ3v) is 14.6. The van der Waals surface area contributed by atoms with E-state index in [2.05, 4.69) is 47.9 Å². The van der Waals surface area contributed by atoms with Crippen molar-refractivity contribution in [1.82, 2.24) is 41.8 Å². The van der Waals surface area contributed by atoms with Gasteiger partial charge in [-0.3, -0.25) is 38.5 Å². The molecule has 4 unspecified atom stereocenters. The van der Waals surface area contributed by atoms with E-state index in [1.165, 1.54) is 37.1 Å². The quantitative estimate of drug-likeness (QED) is 0.0304. The van der Waals surface area contributed by atoms with Crippen molar-refractivity contribution in [2.75, 3.05) is 86.3 Å². The first kappa shape index (κ1) is 60.5. The largest absolute Gasteiger partial charge is 0.507 e. The number of hydrogen-bond acceptors (Lipinski definition) is 19. The van der Waals surface area contributed by atoms with Gasteiger partial charge in [0, 0.05) is 86.8 Å². The third-order valence-electron chi connectivity index (χ3n) is 13.6. The van der Waals surface area contributed by atoms with Gasteiger partial charge in [-0.15, -0.1) is 11.8 Å². The van der Waals surface area contributed by atoms with Crippen molar-refractivity contribution >= 4 is 52.9 Å². The number of morpholine rings is 1. The average molecular weight is 1100 g/mol. The van der Waals surface area contributed by atoms with Crippen molar-refractivity contribution < 1.29 is 67.8 Å². The van der Waals surface area contributed by atoms with Gasteiger partial charge in [0.2, 0.25) is 29.4 Å². The van der Waals surface area contributed by atoms with Gasteiger partial charge in [-0.1, -0.05) is 26.0 Å². The molecule has 78 heavy (non-hydrogen) atoms. The maximum Gasteiger partial charge on any atom is 0.269 e. The maximum atomic E-state index is 13.5. The summed E-state index contributed by atoms with van der Waals surface area (Å²) in [5.74, 6) is -4.45. The Labute approximate surface area is 457 Å². The molecule has 23 nitrogen and oxygen atoms in total. The second-order valence-corrected chi connectivity index (χ2v) is 20.9. The van der Waals surface area contributed by atoms with Gasteiger partial charge in [0.05, 0.1) is 61.3 Å². The summed E-state index contributed by atoms with van der Waals surface area (Å²) in [6.07, 6.45) is 2.04. The molecule has 2 saturated heterocycles. The molecular formula is C54H71N9O14S. The number of thioether (sulfide) groups is 1. The van der Waals surface area contributed by atoms with Gasteiger partial charge in [0.25, 0.3) is 5.91 Å². The number of nitriles is 1. The number of rotatable bonds is 22. The molecule has 3 heterocycles. The molecule has 0 radical (unpaired) electrons. The first-order chi connectivity index (χ1) is 37.5. The molecule has 7 rings (SSSR count). The molecule has 422 valence electrons. The predicted octanol–water partition coefficient (Wildman–Crippen LogP) is 1.24. The number of pyridine rings is 1. The van der Waals surface area contributed by atoms with E-state index in [4.69, 9.17) is 18.9 Å². The van der Waals surface area contributed by atoms with E-state index in [9.17, 15) is 54.1 Å². The summed E-state index contributed by atoms with van der Waals surface area (Å²) in [7, 11) is 3.03. The molecule has 0 saturated carbocycles. The highest BCUT2D eigenvalue weighted by Crippen LogP contribution is 2.47. The van der Waals surface area contributed by atoms with E-state index in [1.807, 2.05) is 20.8 Å². The number of phenolic OH excluding ortho intramolecular Hbond substituents is 2. The van der Waals surface area contributed by atoms with Crippen LogP contribution in [0.2, 0.25) is 0 Å². The van der Waals surface area contributed by atoms with Gasteiger partial charge < -0.3 is 66.2 Å². The summed E-state index contributed by atoms with van der Waals surface area (Å²) < 4.78 is 21.3. The molecule has 5 atom stereocenters. The average Bonchev–Trinajstić information content (AvgIpc) is 3.57. The lowest BCUT2D eigenvalue weighted by Gasteiger charge is -2.43. The number of methoxy groups -OCH3 is 2. The molecule has 2 fully saturated rings. The highest BCUT2D eigenvalue weighted by Gasteiger charge is 2.41. The number of aliphatic hydroxyl groups excluding tert-OH is 1. The number of phenols is 2.